The van der Waals surface area contributed by atoms with Crippen molar-refractivity contribution in [3.63, 3.8) is 0 Å². The molecule has 1 aromatic rings. The van der Waals surface area contributed by atoms with Gasteiger partial charge in [-0.2, -0.15) is 0 Å². The molecule has 2 atom stereocenters. The van der Waals surface area contributed by atoms with Crippen molar-refractivity contribution < 1.29 is 9.84 Å². The Kier molecular flexibility index (Phi) is 5.86. The van der Waals surface area contributed by atoms with Crippen LogP contribution in [-0.2, 0) is 6.54 Å². The standard InChI is InChI=1S/C17H27NO2/c1-13(2)11-18-12-14-6-5-7-15(10-14)20-17-9-4-3-8-16(17)19/h5-7,10,13,16-19H,3-4,8-9,11-12H2,1-2H3. The Morgan fingerprint density at radius 1 is 1.30 bits per heavy atom. The van der Waals surface area contributed by atoms with Crippen molar-refractivity contribution in [1.29, 1.82) is 0 Å². The zero-order valence-corrected chi connectivity index (χ0v) is 12.6. The number of ether oxygens (including phenoxy) is 1. The topological polar surface area (TPSA) is 41.5 Å². The molecule has 0 saturated heterocycles. The molecule has 2 rings (SSSR count). The maximum atomic E-state index is 9.96. The van der Waals surface area contributed by atoms with E-state index in [4.69, 9.17) is 4.74 Å². The van der Waals surface area contributed by atoms with Crippen LogP contribution < -0.4 is 10.1 Å². The van der Waals surface area contributed by atoms with Crippen LogP contribution in [0.25, 0.3) is 0 Å². The highest BCUT2D eigenvalue weighted by Gasteiger charge is 2.24. The monoisotopic (exact) mass is 277 g/mol. The molecule has 0 aromatic heterocycles. The summed E-state index contributed by atoms with van der Waals surface area (Å²) >= 11 is 0. The predicted molar refractivity (Wildman–Crippen MR) is 81.9 cm³/mol. The van der Waals surface area contributed by atoms with Crippen LogP contribution in [0.4, 0.5) is 0 Å². The van der Waals surface area contributed by atoms with E-state index in [1.807, 2.05) is 12.1 Å². The second kappa shape index (κ2) is 7.65. The minimum absolute atomic E-state index is 0.0392. The van der Waals surface area contributed by atoms with Gasteiger partial charge in [0.05, 0.1) is 6.10 Å². The number of benzene rings is 1. The molecule has 0 amide bonds. The number of hydrogen-bond acceptors (Lipinski definition) is 3. The summed E-state index contributed by atoms with van der Waals surface area (Å²) in [5.74, 6) is 1.53. The molecule has 3 heteroatoms. The van der Waals surface area contributed by atoms with Gasteiger partial charge in [0.2, 0.25) is 0 Å². The maximum absolute atomic E-state index is 9.96. The Morgan fingerprint density at radius 2 is 2.10 bits per heavy atom. The molecule has 0 heterocycles. The van der Waals surface area contributed by atoms with Gasteiger partial charge in [0.15, 0.2) is 0 Å². The summed E-state index contributed by atoms with van der Waals surface area (Å²) in [6, 6.07) is 8.19. The lowest BCUT2D eigenvalue weighted by Crippen LogP contribution is -2.34. The van der Waals surface area contributed by atoms with Crippen molar-refractivity contribution in [2.45, 2.75) is 58.3 Å². The van der Waals surface area contributed by atoms with Crippen LogP contribution in [0, 0.1) is 5.92 Å². The minimum atomic E-state index is -0.313. The summed E-state index contributed by atoms with van der Waals surface area (Å²) in [6.45, 7) is 6.29. The maximum Gasteiger partial charge on any atom is 0.124 e. The number of aliphatic hydroxyl groups excluding tert-OH is 1. The number of aliphatic hydroxyl groups is 1. The minimum Gasteiger partial charge on any atom is -0.488 e. The molecule has 0 radical (unpaired) electrons. The molecule has 1 saturated carbocycles. The third-order valence-corrected chi connectivity index (χ3v) is 3.74. The quantitative estimate of drug-likeness (QED) is 0.839. The molecule has 1 aromatic carbocycles. The second-order valence-corrected chi connectivity index (χ2v) is 6.18. The first-order valence-electron chi connectivity index (χ1n) is 7.79. The SMILES string of the molecule is CC(C)CNCc1cccc(OC2CCCCC2O)c1. The van der Waals surface area contributed by atoms with Crippen molar-refractivity contribution >= 4 is 0 Å². The van der Waals surface area contributed by atoms with Crippen LogP contribution in [0.2, 0.25) is 0 Å². The third kappa shape index (κ3) is 4.80. The molecule has 0 aliphatic heterocycles. The Labute approximate surface area is 122 Å². The first-order valence-corrected chi connectivity index (χ1v) is 7.79. The lowest BCUT2D eigenvalue weighted by Gasteiger charge is -2.28. The van der Waals surface area contributed by atoms with Crippen LogP contribution in [0.15, 0.2) is 24.3 Å². The van der Waals surface area contributed by atoms with Gasteiger partial charge in [-0.1, -0.05) is 32.4 Å². The highest BCUT2D eigenvalue weighted by atomic mass is 16.5. The number of rotatable bonds is 6. The van der Waals surface area contributed by atoms with Gasteiger partial charge < -0.3 is 15.2 Å². The molecular weight excluding hydrogens is 250 g/mol. The van der Waals surface area contributed by atoms with Crippen LogP contribution in [0.3, 0.4) is 0 Å². The summed E-state index contributed by atoms with van der Waals surface area (Å²) in [7, 11) is 0. The van der Waals surface area contributed by atoms with Gasteiger partial charge in [0.1, 0.15) is 11.9 Å². The summed E-state index contributed by atoms with van der Waals surface area (Å²) in [5, 5.41) is 13.4. The molecule has 2 N–H and O–H groups in total. The van der Waals surface area contributed by atoms with E-state index in [0.717, 1.165) is 44.5 Å². The zero-order chi connectivity index (χ0) is 14.4. The molecular formula is C17H27NO2. The number of nitrogens with one attached hydrogen (secondary N) is 1. The van der Waals surface area contributed by atoms with Crippen LogP contribution in [-0.4, -0.2) is 23.9 Å². The van der Waals surface area contributed by atoms with Crippen molar-refractivity contribution in [3.05, 3.63) is 29.8 Å². The van der Waals surface area contributed by atoms with Gasteiger partial charge >= 0.3 is 0 Å². The number of hydrogen-bond donors (Lipinski definition) is 2. The van der Waals surface area contributed by atoms with E-state index < -0.39 is 0 Å². The fraction of sp³-hybridized carbons (Fsp3) is 0.647. The largest absolute Gasteiger partial charge is 0.488 e. The van der Waals surface area contributed by atoms with E-state index in [1.165, 1.54) is 5.56 Å². The molecule has 1 fully saturated rings. The lowest BCUT2D eigenvalue weighted by atomic mass is 9.95. The Balaban J connectivity index is 1.88. The van der Waals surface area contributed by atoms with Crippen molar-refractivity contribution in [2.24, 2.45) is 5.92 Å². The van der Waals surface area contributed by atoms with Crippen molar-refractivity contribution in [1.82, 2.24) is 5.32 Å². The molecule has 0 bridgehead atoms. The Hall–Kier alpha value is -1.06. The van der Waals surface area contributed by atoms with Gasteiger partial charge in [-0.05, 0) is 49.4 Å². The first-order chi connectivity index (χ1) is 9.65. The third-order valence-electron chi connectivity index (χ3n) is 3.74. The van der Waals surface area contributed by atoms with Gasteiger partial charge in [-0.25, -0.2) is 0 Å². The van der Waals surface area contributed by atoms with E-state index in [9.17, 15) is 5.11 Å². The summed E-state index contributed by atoms with van der Waals surface area (Å²) < 4.78 is 5.96. The highest BCUT2D eigenvalue weighted by molar-refractivity contribution is 5.28. The fourth-order valence-electron chi connectivity index (χ4n) is 2.62. The van der Waals surface area contributed by atoms with E-state index in [2.05, 4.69) is 31.3 Å². The summed E-state index contributed by atoms with van der Waals surface area (Å²) in [4.78, 5) is 0. The van der Waals surface area contributed by atoms with E-state index in [0.29, 0.717) is 5.92 Å². The van der Waals surface area contributed by atoms with E-state index >= 15 is 0 Å². The van der Waals surface area contributed by atoms with Gasteiger partial charge in [-0.3, -0.25) is 0 Å². The van der Waals surface area contributed by atoms with Gasteiger partial charge in [-0.15, -0.1) is 0 Å². The van der Waals surface area contributed by atoms with E-state index in [-0.39, 0.29) is 12.2 Å². The van der Waals surface area contributed by atoms with Gasteiger partial charge in [0, 0.05) is 6.54 Å². The average molecular weight is 277 g/mol. The fourth-order valence-corrected chi connectivity index (χ4v) is 2.62. The van der Waals surface area contributed by atoms with E-state index in [1.54, 1.807) is 0 Å². The summed E-state index contributed by atoms with van der Waals surface area (Å²) in [6.07, 6.45) is 3.73. The van der Waals surface area contributed by atoms with Crippen LogP contribution in [0.5, 0.6) is 5.75 Å². The molecule has 0 spiro atoms. The zero-order valence-electron chi connectivity index (χ0n) is 12.6. The van der Waals surface area contributed by atoms with Crippen LogP contribution in [0.1, 0.15) is 45.1 Å². The smallest absolute Gasteiger partial charge is 0.124 e. The van der Waals surface area contributed by atoms with Gasteiger partial charge in [0.25, 0.3) is 0 Å². The predicted octanol–water partition coefficient (Wildman–Crippen LogP) is 3.11. The normalized spacial score (nSPS) is 23.0. The molecule has 112 valence electrons. The Bertz CT molecular complexity index is 406. The molecule has 2 unspecified atom stereocenters. The lowest BCUT2D eigenvalue weighted by molar-refractivity contribution is 0.00683. The van der Waals surface area contributed by atoms with Crippen molar-refractivity contribution in [2.75, 3.05) is 6.54 Å². The Morgan fingerprint density at radius 3 is 2.85 bits per heavy atom. The molecule has 1 aliphatic carbocycles. The second-order valence-electron chi connectivity index (χ2n) is 6.18. The van der Waals surface area contributed by atoms with Crippen LogP contribution >= 0.6 is 0 Å². The molecule has 1 aliphatic rings. The summed E-state index contributed by atoms with van der Waals surface area (Å²) in [5.41, 5.74) is 1.23. The average Bonchev–Trinajstić information content (AvgIpc) is 2.41. The van der Waals surface area contributed by atoms with Crippen molar-refractivity contribution in [3.8, 4) is 5.75 Å². The highest BCUT2D eigenvalue weighted by Crippen LogP contribution is 2.24. The molecule has 3 nitrogen and oxygen atoms in total. The first kappa shape index (κ1) is 15.3. The molecule has 20 heavy (non-hydrogen) atoms.